The van der Waals surface area contributed by atoms with Gasteiger partial charge in [-0.15, -0.1) is 12.3 Å². The van der Waals surface area contributed by atoms with Gasteiger partial charge in [0, 0.05) is 6.42 Å². The van der Waals surface area contributed by atoms with Crippen LogP contribution in [0.5, 0.6) is 0 Å². The van der Waals surface area contributed by atoms with E-state index in [1.165, 1.54) is 145 Å². The molecule has 0 atom stereocenters. The molecule has 0 N–H and O–H groups in total. The van der Waals surface area contributed by atoms with Crippen molar-refractivity contribution >= 4 is 17.2 Å². The second-order valence-electron chi connectivity index (χ2n) is 20.6. The normalized spacial score (nSPS) is 14.7. The van der Waals surface area contributed by atoms with Crippen molar-refractivity contribution in [3.05, 3.63) is 316 Å². The van der Waals surface area contributed by atoms with Crippen molar-refractivity contribution in [1.82, 2.24) is 0 Å². The molecule has 0 unspecified atom stereocenters. The van der Waals surface area contributed by atoms with Crippen LogP contribution in [0.4, 0.5) is 0 Å². The molecule has 0 saturated carbocycles. The average Bonchev–Trinajstić information content (AvgIpc) is 4.09. The van der Waals surface area contributed by atoms with Crippen molar-refractivity contribution in [3.8, 4) is 68.0 Å². The fourth-order valence-corrected chi connectivity index (χ4v) is 11.2. The largest absolute Gasteiger partial charge is 0.120 e. The van der Waals surface area contributed by atoms with E-state index in [-0.39, 0.29) is 0 Å². The van der Waals surface area contributed by atoms with Gasteiger partial charge in [0.2, 0.25) is 0 Å². The second kappa shape index (κ2) is 25.9. The van der Waals surface area contributed by atoms with Crippen LogP contribution >= 0.6 is 0 Å². The van der Waals surface area contributed by atoms with E-state index < -0.39 is 0 Å². The zero-order valence-corrected chi connectivity index (χ0v) is 47.7. The van der Waals surface area contributed by atoms with E-state index in [9.17, 15) is 0 Å². The molecule has 0 radical (unpaired) electrons. The van der Waals surface area contributed by atoms with Crippen molar-refractivity contribution in [2.75, 3.05) is 0 Å². The number of allylic oxidation sites excluding steroid dienone is 19. The molecule has 7 aromatic carbocycles. The fourth-order valence-electron chi connectivity index (χ4n) is 11.2. The summed E-state index contributed by atoms with van der Waals surface area (Å²) in [5, 5.41) is 0. The molecule has 0 heterocycles. The van der Waals surface area contributed by atoms with Gasteiger partial charge in [-0.3, -0.25) is 0 Å². The summed E-state index contributed by atoms with van der Waals surface area (Å²) in [4.78, 5) is 0. The Morgan fingerprint density at radius 2 is 1.08 bits per heavy atom. The van der Waals surface area contributed by atoms with E-state index in [2.05, 4.69) is 269 Å². The third kappa shape index (κ3) is 12.2. The Bertz CT molecular complexity index is 3790. The van der Waals surface area contributed by atoms with Crippen molar-refractivity contribution in [1.29, 1.82) is 0 Å². The number of rotatable bonds is 15. The Balaban J connectivity index is 0.000000299. The van der Waals surface area contributed by atoms with Crippen molar-refractivity contribution in [3.63, 3.8) is 0 Å². The Morgan fingerprint density at radius 3 is 1.65 bits per heavy atom. The summed E-state index contributed by atoms with van der Waals surface area (Å²) in [6, 6.07) is 55.5. The minimum Gasteiger partial charge on any atom is -0.120 e. The molecular weight excluding hydrogens is 949 g/mol. The molecule has 0 bridgehead atoms. The van der Waals surface area contributed by atoms with Gasteiger partial charge in [-0.1, -0.05) is 232 Å². The zero-order valence-electron chi connectivity index (χ0n) is 47.7. The highest BCUT2D eigenvalue weighted by molar-refractivity contribution is 5.89. The lowest BCUT2D eigenvalue weighted by atomic mass is 9.88. The van der Waals surface area contributed by atoms with E-state index in [1.54, 1.807) is 0 Å². The van der Waals surface area contributed by atoms with E-state index >= 15 is 0 Å². The first-order chi connectivity index (χ1) is 38.4. The van der Waals surface area contributed by atoms with Crippen LogP contribution < -0.4 is 0 Å². The second-order valence-corrected chi connectivity index (χ2v) is 20.6. The lowest BCUT2D eigenvalue weighted by Gasteiger charge is -2.16. The summed E-state index contributed by atoms with van der Waals surface area (Å²) < 4.78 is 0. The minimum absolute atomic E-state index is 0.693. The van der Waals surface area contributed by atoms with E-state index in [0.717, 1.165) is 18.4 Å². The monoisotopic (exact) mass is 1020 g/mol. The molecule has 9 rings (SSSR count). The first kappa shape index (κ1) is 56.2. The molecule has 0 aliphatic heterocycles. The van der Waals surface area contributed by atoms with E-state index in [0.29, 0.717) is 6.42 Å². The Labute approximate surface area is 473 Å². The van der Waals surface area contributed by atoms with Crippen LogP contribution in [0.2, 0.25) is 0 Å². The average molecular weight is 1020 g/mol. The summed E-state index contributed by atoms with van der Waals surface area (Å²) in [6.45, 7) is 33.5. The first-order valence-electron chi connectivity index (χ1n) is 27.5. The predicted octanol–water partition coefficient (Wildman–Crippen LogP) is 22.1. The van der Waals surface area contributed by atoms with Crippen molar-refractivity contribution in [2.45, 2.75) is 74.7 Å². The highest BCUT2D eigenvalue weighted by atomic mass is 14.3. The maximum Gasteiger partial charge on any atom is 0.0309 e. The van der Waals surface area contributed by atoms with Gasteiger partial charge in [-0.2, -0.15) is 0 Å². The molecule has 0 amide bonds. The third-order valence-corrected chi connectivity index (χ3v) is 15.6. The van der Waals surface area contributed by atoms with Gasteiger partial charge in [-0.05, 0) is 225 Å². The van der Waals surface area contributed by atoms with Crippen LogP contribution in [0, 0.1) is 40.0 Å². The molecule has 2 aliphatic rings. The van der Waals surface area contributed by atoms with Gasteiger partial charge in [0.15, 0.2) is 0 Å². The number of hydrogen-bond acceptors (Lipinski definition) is 0. The molecule has 79 heavy (non-hydrogen) atoms. The summed E-state index contributed by atoms with van der Waals surface area (Å²) >= 11 is 0. The Kier molecular flexibility index (Phi) is 18.4. The maximum atomic E-state index is 5.57. The molecular formula is C79H74. The van der Waals surface area contributed by atoms with Crippen LogP contribution in [0.3, 0.4) is 0 Å². The van der Waals surface area contributed by atoms with Crippen LogP contribution in [0.1, 0.15) is 85.9 Å². The molecule has 2 aliphatic carbocycles. The summed E-state index contributed by atoms with van der Waals surface area (Å²) in [7, 11) is 0. The molecule has 0 nitrogen and oxygen atoms in total. The van der Waals surface area contributed by atoms with E-state index in [1.807, 2.05) is 31.2 Å². The number of benzene rings is 7. The molecule has 0 fully saturated rings. The summed E-state index contributed by atoms with van der Waals surface area (Å²) in [5.41, 5.74) is 33.7. The molecule has 390 valence electrons. The SMILES string of the molecule is C#CCC1=C(/C=C\C)C(=C/C=C)/C(=C(\C)c2ccc(C)cc2)C1.C=C/C=C(\C1=C(C)C(/C=C\C)=C(C=C)C1)c1ccc(-c2ccc(C)c(-c3cc(-c4ccc(-c5cccc(-c6ccccc6C)c5C=C)cc4)ccc3C)c2)cc1. The maximum absolute atomic E-state index is 5.57. The predicted molar refractivity (Wildman–Crippen MR) is 347 cm³/mol. The fraction of sp³-hybridized carbons (Fsp3) is 0.139. The lowest BCUT2D eigenvalue weighted by molar-refractivity contribution is 1.12. The first-order valence-corrected chi connectivity index (χ1v) is 27.5. The van der Waals surface area contributed by atoms with Crippen molar-refractivity contribution < 1.29 is 0 Å². The zero-order chi connectivity index (χ0) is 56.2. The topological polar surface area (TPSA) is 0 Å². The number of terminal acetylenes is 1. The van der Waals surface area contributed by atoms with Gasteiger partial charge >= 0.3 is 0 Å². The smallest absolute Gasteiger partial charge is 0.0309 e. The highest BCUT2D eigenvalue weighted by Gasteiger charge is 2.25. The van der Waals surface area contributed by atoms with Crippen LogP contribution in [0.25, 0.3) is 72.9 Å². The summed E-state index contributed by atoms with van der Waals surface area (Å²) in [5.74, 6) is 2.80. The Hall–Kier alpha value is -9.02. The van der Waals surface area contributed by atoms with Crippen LogP contribution in [-0.4, -0.2) is 0 Å². The van der Waals surface area contributed by atoms with Crippen molar-refractivity contribution in [2.24, 2.45) is 0 Å². The quantitative estimate of drug-likeness (QED) is 0.0709. The van der Waals surface area contributed by atoms with Gasteiger partial charge < -0.3 is 0 Å². The third-order valence-electron chi connectivity index (χ3n) is 15.6. The molecule has 0 aromatic heterocycles. The van der Waals surface area contributed by atoms with Gasteiger partial charge in [0.25, 0.3) is 0 Å². The molecule has 7 aromatic rings. The minimum atomic E-state index is 0.693. The summed E-state index contributed by atoms with van der Waals surface area (Å²) in [6.07, 6.45) is 28.6. The standard InChI is InChI=1S/C56H50.C23H24/c1-9-16-50-40(8)56(34-41(50)11-3)51(17-10-2)44-30-26-42(27-31-44)46-24-22-38(6)54(35-46)55-36-47(25-23-39(55)7)43-28-32-45(33-29-43)52-20-15-21-53(48(52)12-4)49-19-14-13-18-37(49)5;1-6-9-20-16-23(22(11-8-3)21(20)10-7-2)18(5)19-14-12-17(4)13-15-19/h9-33,35-36H,2-4,34H2,1,5-8H3;1,7-8,10-15H,3,9,16H2,2,4-5H3/b16-9-,51-17-;10-7-,22-11-,23-18+. The molecule has 0 saturated heterocycles. The van der Waals surface area contributed by atoms with Crippen LogP contribution in [0.15, 0.2) is 277 Å². The van der Waals surface area contributed by atoms with Gasteiger partial charge in [0.1, 0.15) is 0 Å². The van der Waals surface area contributed by atoms with Gasteiger partial charge in [0.05, 0.1) is 0 Å². The highest BCUT2D eigenvalue weighted by Crippen LogP contribution is 2.44. The Morgan fingerprint density at radius 1 is 0.532 bits per heavy atom. The lowest BCUT2D eigenvalue weighted by Crippen LogP contribution is -1.93. The van der Waals surface area contributed by atoms with Gasteiger partial charge in [-0.25, -0.2) is 0 Å². The molecule has 0 spiro atoms. The number of hydrogen-bond donors (Lipinski definition) is 0. The van der Waals surface area contributed by atoms with E-state index in [4.69, 9.17) is 6.42 Å². The van der Waals surface area contributed by atoms with Crippen LogP contribution in [-0.2, 0) is 0 Å². The molecule has 0 heteroatoms. The number of aryl methyl sites for hydroxylation is 4.